The van der Waals surface area contributed by atoms with Crippen LogP contribution >= 0.6 is 35.7 Å². The Kier molecular flexibility index (Phi) is 8.84. The lowest BCUT2D eigenvalue weighted by atomic mass is 9.95. The van der Waals surface area contributed by atoms with Crippen LogP contribution in [0.4, 0.5) is 0 Å². The van der Waals surface area contributed by atoms with Gasteiger partial charge in [-0.15, -0.1) is 24.0 Å². The summed E-state index contributed by atoms with van der Waals surface area (Å²) in [4.78, 5) is 11.6. The number of morpholine rings is 1. The van der Waals surface area contributed by atoms with Crippen LogP contribution in [0, 0.1) is 0 Å². The molecular weight excluding hydrogens is 513 g/mol. The SMILES string of the molecule is CN=C(NCc1coc(-c2ccccc2)n1)NCC1(N2CCOCC2)CCSC1.I. The number of aromatic nitrogens is 1. The number of guanidine groups is 1. The fourth-order valence-corrected chi connectivity index (χ4v) is 5.36. The Balaban J connectivity index is 0.00000256. The van der Waals surface area contributed by atoms with Crippen LogP contribution in [0.3, 0.4) is 0 Å². The first kappa shape index (κ1) is 23.4. The van der Waals surface area contributed by atoms with Crippen LogP contribution in [0.2, 0.25) is 0 Å². The van der Waals surface area contributed by atoms with E-state index in [1.54, 1.807) is 13.3 Å². The van der Waals surface area contributed by atoms with Crippen LogP contribution in [-0.4, -0.2) is 72.8 Å². The van der Waals surface area contributed by atoms with Gasteiger partial charge in [0, 0.05) is 43.5 Å². The van der Waals surface area contributed by atoms with Crippen LogP contribution in [0.1, 0.15) is 12.1 Å². The molecule has 2 N–H and O–H groups in total. The van der Waals surface area contributed by atoms with Crippen LogP contribution < -0.4 is 10.6 Å². The maximum Gasteiger partial charge on any atom is 0.226 e. The number of nitrogens with zero attached hydrogens (tertiary/aromatic N) is 3. The molecule has 2 aliphatic rings. The van der Waals surface area contributed by atoms with Crippen molar-refractivity contribution in [2.45, 2.75) is 18.5 Å². The number of hydrogen-bond acceptors (Lipinski definition) is 6. The molecule has 0 amide bonds. The summed E-state index contributed by atoms with van der Waals surface area (Å²) in [6.07, 6.45) is 2.90. The molecule has 7 nitrogen and oxygen atoms in total. The number of aliphatic imine (C=N–C) groups is 1. The molecule has 9 heteroatoms. The predicted molar refractivity (Wildman–Crippen MR) is 133 cm³/mol. The van der Waals surface area contributed by atoms with Crippen LogP contribution in [-0.2, 0) is 11.3 Å². The number of thioether (sulfide) groups is 1. The summed E-state index contributed by atoms with van der Waals surface area (Å²) in [6, 6.07) is 9.93. The van der Waals surface area contributed by atoms with E-state index in [-0.39, 0.29) is 29.5 Å². The van der Waals surface area contributed by atoms with Crippen molar-refractivity contribution in [3.05, 3.63) is 42.3 Å². The molecular formula is C21H30IN5O2S. The molecule has 2 saturated heterocycles. The molecule has 1 atom stereocenters. The van der Waals surface area contributed by atoms with E-state index < -0.39 is 0 Å². The summed E-state index contributed by atoms with van der Waals surface area (Å²) < 4.78 is 11.2. The summed E-state index contributed by atoms with van der Waals surface area (Å²) in [5.74, 6) is 3.80. The minimum Gasteiger partial charge on any atom is -0.444 e. The molecule has 0 bridgehead atoms. The summed E-state index contributed by atoms with van der Waals surface area (Å²) >= 11 is 2.04. The smallest absolute Gasteiger partial charge is 0.226 e. The minimum absolute atomic E-state index is 0. The molecule has 30 heavy (non-hydrogen) atoms. The third-order valence-corrected chi connectivity index (χ3v) is 6.82. The zero-order valence-electron chi connectivity index (χ0n) is 17.3. The van der Waals surface area contributed by atoms with Gasteiger partial charge in [-0.3, -0.25) is 9.89 Å². The van der Waals surface area contributed by atoms with E-state index >= 15 is 0 Å². The molecule has 1 aromatic heterocycles. The van der Waals surface area contributed by atoms with Gasteiger partial charge in [0.05, 0.1) is 25.5 Å². The quantitative estimate of drug-likeness (QED) is 0.330. The average Bonchev–Trinajstić information content (AvgIpc) is 3.46. The van der Waals surface area contributed by atoms with E-state index in [1.165, 1.54) is 12.2 Å². The number of benzene rings is 1. The van der Waals surface area contributed by atoms with E-state index in [0.717, 1.165) is 55.8 Å². The number of ether oxygens (including phenoxy) is 1. The van der Waals surface area contributed by atoms with Crippen molar-refractivity contribution >= 4 is 41.7 Å². The zero-order chi connectivity index (χ0) is 19.9. The van der Waals surface area contributed by atoms with Gasteiger partial charge in [-0.25, -0.2) is 4.98 Å². The second kappa shape index (κ2) is 11.4. The predicted octanol–water partition coefficient (Wildman–Crippen LogP) is 2.83. The van der Waals surface area contributed by atoms with Crippen molar-refractivity contribution in [3.63, 3.8) is 0 Å². The highest BCUT2D eigenvalue weighted by atomic mass is 127. The zero-order valence-corrected chi connectivity index (χ0v) is 20.4. The molecule has 2 aromatic rings. The van der Waals surface area contributed by atoms with E-state index in [9.17, 15) is 0 Å². The third kappa shape index (κ3) is 5.68. The monoisotopic (exact) mass is 543 g/mol. The third-order valence-electron chi connectivity index (χ3n) is 5.58. The second-order valence-electron chi connectivity index (χ2n) is 7.42. The highest BCUT2D eigenvalue weighted by Gasteiger charge is 2.40. The molecule has 1 aromatic carbocycles. The first-order valence-corrected chi connectivity index (χ1v) is 11.3. The Morgan fingerprint density at radius 1 is 1.23 bits per heavy atom. The van der Waals surface area contributed by atoms with Gasteiger partial charge in [0.2, 0.25) is 5.89 Å². The highest BCUT2D eigenvalue weighted by molar-refractivity contribution is 14.0. The van der Waals surface area contributed by atoms with Crippen LogP contribution in [0.15, 0.2) is 46.0 Å². The van der Waals surface area contributed by atoms with E-state index in [1.807, 2.05) is 42.1 Å². The van der Waals surface area contributed by atoms with E-state index in [2.05, 4.69) is 25.5 Å². The fraction of sp³-hybridized carbons (Fsp3) is 0.524. The highest BCUT2D eigenvalue weighted by Crippen LogP contribution is 2.33. The minimum atomic E-state index is 0. The summed E-state index contributed by atoms with van der Waals surface area (Å²) in [7, 11) is 1.80. The van der Waals surface area contributed by atoms with Gasteiger partial charge in [-0.2, -0.15) is 11.8 Å². The van der Waals surface area contributed by atoms with Crippen molar-refractivity contribution in [2.75, 3.05) is 51.4 Å². The molecule has 2 fully saturated rings. The van der Waals surface area contributed by atoms with Crippen molar-refractivity contribution < 1.29 is 9.15 Å². The maximum absolute atomic E-state index is 5.62. The van der Waals surface area contributed by atoms with Gasteiger partial charge in [0.15, 0.2) is 5.96 Å². The molecule has 3 heterocycles. The van der Waals surface area contributed by atoms with E-state index in [0.29, 0.717) is 12.4 Å². The summed E-state index contributed by atoms with van der Waals surface area (Å²) in [6.45, 7) is 5.12. The number of halogens is 1. The molecule has 0 spiro atoms. The number of nitrogens with one attached hydrogen (secondary N) is 2. The van der Waals surface area contributed by atoms with Crippen molar-refractivity contribution in [3.8, 4) is 11.5 Å². The van der Waals surface area contributed by atoms with Gasteiger partial charge in [-0.1, -0.05) is 18.2 Å². The lowest BCUT2D eigenvalue weighted by molar-refractivity contribution is -0.0120. The number of oxazole rings is 1. The summed E-state index contributed by atoms with van der Waals surface area (Å²) in [5, 5.41) is 6.90. The average molecular weight is 543 g/mol. The van der Waals surface area contributed by atoms with Crippen molar-refractivity contribution in [2.24, 2.45) is 4.99 Å². The molecule has 4 rings (SSSR count). The first-order valence-electron chi connectivity index (χ1n) is 10.1. The Hall–Kier alpha value is -1.30. The molecule has 0 radical (unpaired) electrons. The first-order chi connectivity index (χ1) is 14.3. The Morgan fingerprint density at radius 3 is 2.73 bits per heavy atom. The van der Waals surface area contributed by atoms with Gasteiger partial charge >= 0.3 is 0 Å². The van der Waals surface area contributed by atoms with Gasteiger partial charge in [0.25, 0.3) is 0 Å². The molecule has 164 valence electrons. The standard InChI is InChI=1S/C21H29N5O2S.HI/c1-22-20(23-13-18-14-28-19(25-18)17-5-3-2-4-6-17)24-15-21(7-12-29-16-21)26-8-10-27-11-9-26;/h2-6,14H,7-13,15-16H2,1H3,(H2,22,23,24);1H. The molecule has 2 aliphatic heterocycles. The van der Waals surface area contributed by atoms with Crippen LogP contribution in [0.25, 0.3) is 11.5 Å². The Labute approximate surface area is 199 Å². The maximum atomic E-state index is 5.62. The van der Waals surface area contributed by atoms with Gasteiger partial charge < -0.3 is 19.8 Å². The van der Waals surface area contributed by atoms with Crippen molar-refractivity contribution in [1.82, 2.24) is 20.5 Å². The van der Waals surface area contributed by atoms with Crippen LogP contribution in [0.5, 0.6) is 0 Å². The Morgan fingerprint density at radius 2 is 2.03 bits per heavy atom. The summed E-state index contributed by atoms with van der Waals surface area (Å²) in [5.41, 5.74) is 2.01. The topological polar surface area (TPSA) is 74.9 Å². The van der Waals surface area contributed by atoms with E-state index in [4.69, 9.17) is 9.15 Å². The number of rotatable bonds is 6. The molecule has 0 aliphatic carbocycles. The fourth-order valence-electron chi connectivity index (χ4n) is 3.88. The molecule has 0 saturated carbocycles. The number of hydrogen-bond donors (Lipinski definition) is 2. The Bertz CT molecular complexity index is 805. The normalized spacial score (nSPS) is 22.5. The van der Waals surface area contributed by atoms with Gasteiger partial charge in [0.1, 0.15) is 6.26 Å². The lowest BCUT2D eigenvalue weighted by Gasteiger charge is -2.43. The largest absolute Gasteiger partial charge is 0.444 e. The molecule has 1 unspecified atom stereocenters. The van der Waals surface area contributed by atoms with Gasteiger partial charge in [-0.05, 0) is 24.3 Å². The van der Waals surface area contributed by atoms with Crippen molar-refractivity contribution in [1.29, 1.82) is 0 Å². The lowest BCUT2D eigenvalue weighted by Crippen LogP contribution is -2.60. The second-order valence-corrected chi connectivity index (χ2v) is 8.52.